The summed E-state index contributed by atoms with van der Waals surface area (Å²) in [6.45, 7) is 8.59. The minimum atomic E-state index is 0.449. The van der Waals surface area contributed by atoms with Crippen molar-refractivity contribution >= 4 is 11.6 Å². The summed E-state index contributed by atoms with van der Waals surface area (Å²) in [5.41, 5.74) is 0. The van der Waals surface area contributed by atoms with Crippen LogP contribution in [0.3, 0.4) is 0 Å². The molecule has 0 fully saturated rings. The second-order valence-corrected chi connectivity index (χ2v) is 1.54. The van der Waals surface area contributed by atoms with Gasteiger partial charge in [-0.3, -0.25) is 0 Å². The number of rotatable bonds is 2. The monoisotopic (exact) mass is 102 g/mol. The van der Waals surface area contributed by atoms with Crippen molar-refractivity contribution in [1.82, 2.24) is 0 Å². The van der Waals surface area contributed by atoms with E-state index in [0.717, 1.165) is 12.8 Å². The van der Waals surface area contributed by atoms with Crippen LogP contribution in [0.25, 0.3) is 0 Å². The van der Waals surface area contributed by atoms with E-state index in [2.05, 4.69) is 6.92 Å². The molecule has 0 atom stereocenters. The lowest BCUT2D eigenvalue weighted by molar-refractivity contribution is 1.03. The third-order valence-corrected chi connectivity index (χ3v) is 0.605. The number of hydrogen-bond donors (Lipinski definition) is 0. The fourth-order valence-corrected chi connectivity index (χ4v) is 0.303. The van der Waals surface area contributed by atoms with Crippen LogP contribution in [0, 0.1) is 13.5 Å². The van der Waals surface area contributed by atoms with Gasteiger partial charge in [-0.1, -0.05) is 18.5 Å². The van der Waals surface area contributed by atoms with Crippen LogP contribution in [-0.2, 0) is 0 Å². The van der Waals surface area contributed by atoms with E-state index in [4.69, 9.17) is 18.2 Å². The van der Waals surface area contributed by atoms with Gasteiger partial charge in [0.1, 0.15) is 0 Å². The number of allylic oxidation sites excluding steroid dienone is 1. The van der Waals surface area contributed by atoms with Crippen molar-refractivity contribution in [2.24, 2.45) is 0 Å². The second-order valence-electron chi connectivity index (χ2n) is 1.05. The Hall–Kier alpha value is 0.0300. The lowest BCUT2D eigenvalue weighted by atomic mass is 10.3. The molecule has 0 aromatic carbocycles. The average Bonchev–Trinajstić information content (AvgIpc) is 1.35. The van der Waals surface area contributed by atoms with Gasteiger partial charge in [-0.15, -0.1) is 0 Å². The summed E-state index contributed by atoms with van der Waals surface area (Å²) < 4.78 is 0. The molecule has 0 aromatic heterocycles. The van der Waals surface area contributed by atoms with Crippen LogP contribution in [0.1, 0.15) is 12.8 Å². The lowest BCUT2D eigenvalue weighted by Gasteiger charge is -1.83. The molecule has 0 nitrogen and oxygen atoms in total. The Morgan fingerprint density at radius 1 is 1.83 bits per heavy atom. The highest BCUT2D eigenvalue weighted by atomic mass is 35.5. The summed E-state index contributed by atoms with van der Waals surface area (Å²) in [6, 6.07) is 0. The predicted octanol–water partition coefficient (Wildman–Crippen LogP) is 2.16. The zero-order valence-corrected chi connectivity index (χ0v) is 4.33. The number of halogens is 1. The largest absolute Gasteiger partial charge is 0.0892 e. The van der Waals surface area contributed by atoms with Gasteiger partial charge in [0.15, 0.2) is 0 Å². The molecular weight excluding hydrogens is 95.5 g/mol. The molecule has 34 valence electrons. The highest BCUT2D eigenvalue weighted by molar-refractivity contribution is 6.28. The molecule has 2 radical (unpaired) electrons. The molecule has 0 bridgehead atoms. The first-order valence-corrected chi connectivity index (χ1v) is 2.21. The van der Waals surface area contributed by atoms with E-state index < -0.39 is 0 Å². The van der Waals surface area contributed by atoms with Crippen LogP contribution in [0.15, 0.2) is 5.03 Å². The maximum Gasteiger partial charge on any atom is 0.0181 e. The third kappa shape index (κ3) is 4.03. The van der Waals surface area contributed by atoms with Crippen molar-refractivity contribution in [3.05, 3.63) is 18.5 Å². The fraction of sp³-hybridized carbons (Fsp3) is 0.400. The third-order valence-electron chi connectivity index (χ3n) is 0.416. The van der Waals surface area contributed by atoms with E-state index in [1.165, 1.54) is 0 Å². The molecular formula is C5H7Cl. The molecule has 0 heterocycles. The maximum absolute atomic E-state index is 5.23. The normalized spacial score (nSPS) is 8.33. The van der Waals surface area contributed by atoms with Gasteiger partial charge in [-0.2, -0.15) is 0 Å². The van der Waals surface area contributed by atoms with Crippen LogP contribution < -0.4 is 0 Å². The van der Waals surface area contributed by atoms with E-state index in [1.807, 2.05) is 0 Å². The van der Waals surface area contributed by atoms with Gasteiger partial charge in [-0.05, 0) is 19.4 Å². The topological polar surface area (TPSA) is 0 Å². The lowest BCUT2D eigenvalue weighted by Crippen LogP contribution is -1.63. The van der Waals surface area contributed by atoms with Crippen molar-refractivity contribution < 1.29 is 0 Å². The first kappa shape index (κ1) is 6.03. The molecule has 0 aliphatic rings. The molecule has 0 spiro atoms. The van der Waals surface area contributed by atoms with Gasteiger partial charge >= 0.3 is 0 Å². The summed E-state index contributed by atoms with van der Waals surface area (Å²) >= 11 is 5.23. The van der Waals surface area contributed by atoms with Gasteiger partial charge < -0.3 is 0 Å². The Morgan fingerprint density at radius 3 is 2.33 bits per heavy atom. The van der Waals surface area contributed by atoms with Crippen molar-refractivity contribution in [2.75, 3.05) is 0 Å². The quantitative estimate of drug-likeness (QED) is 0.501. The van der Waals surface area contributed by atoms with Crippen LogP contribution >= 0.6 is 11.6 Å². The van der Waals surface area contributed by atoms with Crippen molar-refractivity contribution in [3.63, 3.8) is 0 Å². The first-order valence-electron chi connectivity index (χ1n) is 1.83. The maximum atomic E-state index is 5.23. The standard InChI is InChI=1S/C5H7Cl/c1-3-4-5(2)6/h2H,1,3-4H2. The minimum Gasteiger partial charge on any atom is -0.0892 e. The summed E-state index contributed by atoms with van der Waals surface area (Å²) in [7, 11) is 0. The van der Waals surface area contributed by atoms with Gasteiger partial charge in [-0.25, -0.2) is 0 Å². The molecule has 0 amide bonds. The number of hydrogen-bond acceptors (Lipinski definition) is 0. The van der Waals surface area contributed by atoms with Crippen molar-refractivity contribution in [1.29, 1.82) is 0 Å². The van der Waals surface area contributed by atoms with E-state index >= 15 is 0 Å². The van der Waals surface area contributed by atoms with Gasteiger partial charge in [0, 0.05) is 5.03 Å². The molecule has 1 heteroatoms. The molecule has 0 aromatic rings. The van der Waals surface area contributed by atoms with Crippen LogP contribution in [0.5, 0.6) is 0 Å². The van der Waals surface area contributed by atoms with Crippen molar-refractivity contribution in [2.45, 2.75) is 12.8 Å². The molecule has 0 saturated heterocycles. The summed E-state index contributed by atoms with van der Waals surface area (Å²) in [5, 5.41) is 0.449. The van der Waals surface area contributed by atoms with Crippen molar-refractivity contribution in [3.8, 4) is 0 Å². The molecule has 0 aliphatic carbocycles. The second kappa shape index (κ2) is 3.23. The summed E-state index contributed by atoms with van der Waals surface area (Å²) in [5.74, 6) is 0. The van der Waals surface area contributed by atoms with E-state index in [9.17, 15) is 0 Å². The smallest absolute Gasteiger partial charge is 0.0181 e. The molecule has 0 N–H and O–H groups in total. The van der Waals surface area contributed by atoms with E-state index in [0.29, 0.717) is 5.03 Å². The van der Waals surface area contributed by atoms with E-state index in [1.54, 1.807) is 0 Å². The average molecular weight is 103 g/mol. The highest BCUT2D eigenvalue weighted by Gasteiger charge is 1.79. The fourth-order valence-electron chi connectivity index (χ4n) is 0.169. The Morgan fingerprint density at radius 2 is 2.33 bits per heavy atom. The zero-order valence-electron chi connectivity index (χ0n) is 3.58. The Labute approximate surface area is 43.8 Å². The predicted molar refractivity (Wildman–Crippen MR) is 28.3 cm³/mol. The molecule has 0 aliphatic heterocycles. The first-order chi connectivity index (χ1) is 2.77. The zero-order chi connectivity index (χ0) is 4.99. The van der Waals surface area contributed by atoms with Crippen LogP contribution in [0.2, 0.25) is 0 Å². The highest BCUT2D eigenvalue weighted by Crippen LogP contribution is 2.03. The Bertz CT molecular complexity index is 47.9. The van der Waals surface area contributed by atoms with Gasteiger partial charge in [0.05, 0.1) is 0 Å². The van der Waals surface area contributed by atoms with E-state index in [-0.39, 0.29) is 0 Å². The summed E-state index contributed by atoms with van der Waals surface area (Å²) in [6.07, 6.45) is 1.51. The van der Waals surface area contributed by atoms with Gasteiger partial charge in [0.2, 0.25) is 0 Å². The Kier molecular flexibility index (Phi) is 3.24. The van der Waals surface area contributed by atoms with Gasteiger partial charge in [0.25, 0.3) is 0 Å². The minimum absolute atomic E-state index is 0.449. The van der Waals surface area contributed by atoms with Crippen LogP contribution in [0.4, 0.5) is 0 Å². The molecule has 0 rings (SSSR count). The summed E-state index contributed by atoms with van der Waals surface area (Å²) in [4.78, 5) is 0. The molecule has 0 saturated carbocycles. The Balaban J connectivity index is 2.83. The molecule has 6 heavy (non-hydrogen) atoms. The SMILES string of the molecule is [CH]=C(Cl)CC[CH2]. The van der Waals surface area contributed by atoms with Crippen LogP contribution in [-0.4, -0.2) is 0 Å². The molecule has 0 unspecified atom stereocenters.